The van der Waals surface area contributed by atoms with E-state index >= 15 is 0 Å². The van der Waals surface area contributed by atoms with Gasteiger partial charge in [0.05, 0.1) is 5.69 Å². The first-order valence-corrected chi connectivity index (χ1v) is 8.03. The lowest BCUT2D eigenvalue weighted by Gasteiger charge is -2.11. The van der Waals surface area contributed by atoms with E-state index in [-0.39, 0.29) is 0 Å². The molecule has 1 unspecified atom stereocenters. The zero-order valence-electron chi connectivity index (χ0n) is 10.9. The van der Waals surface area contributed by atoms with Crippen LogP contribution >= 0.6 is 22.7 Å². The molecule has 0 fully saturated rings. The van der Waals surface area contributed by atoms with Gasteiger partial charge in [0.1, 0.15) is 0 Å². The molecule has 0 saturated heterocycles. The molecule has 0 aliphatic heterocycles. The monoisotopic (exact) mass is 316 g/mol. The van der Waals surface area contributed by atoms with Crippen molar-refractivity contribution in [1.82, 2.24) is 4.98 Å². The smallest absolute Gasteiger partial charge is 0.331 e. The van der Waals surface area contributed by atoms with Crippen molar-refractivity contribution < 1.29 is 9.90 Å². The number of thiazole rings is 1. The molecule has 3 rings (SSSR count). The van der Waals surface area contributed by atoms with E-state index in [1.165, 1.54) is 22.7 Å². The van der Waals surface area contributed by atoms with Gasteiger partial charge >= 0.3 is 5.97 Å². The maximum Gasteiger partial charge on any atom is 0.331 e. The van der Waals surface area contributed by atoms with Gasteiger partial charge in [0, 0.05) is 15.8 Å². The Morgan fingerprint density at radius 3 is 2.62 bits per heavy atom. The van der Waals surface area contributed by atoms with Crippen molar-refractivity contribution in [2.24, 2.45) is 0 Å². The molecule has 0 radical (unpaired) electrons. The predicted octanol–water partition coefficient (Wildman–Crippen LogP) is 4.11. The summed E-state index contributed by atoms with van der Waals surface area (Å²) in [7, 11) is 0. The maximum absolute atomic E-state index is 11.4. The fourth-order valence-electron chi connectivity index (χ4n) is 1.92. The predicted molar refractivity (Wildman–Crippen MR) is 85.9 cm³/mol. The number of nitrogens with one attached hydrogen (secondary N) is 1. The Hall–Kier alpha value is -2.18. The second-order valence-electron chi connectivity index (χ2n) is 4.33. The highest BCUT2D eigenvalue weighted by atomic mass is 32.1. The van der Waals surface area contributed by atoms with Crippen LogP contribution in [0.25, 0.3) is 11.3 Å². The maximum atomic E-state index is 11.4. The van der Waals surface area contributed by atoms with Crippen LogP contribution < -0.4 is 5.32 Å². The average Bonchev–Trinajstić information content (AvgIpc) is 3.17. The minimum Gasteiger partial charge on any atom is -0.479 e. The number of carbonyl (C=O) groups is 1. The highest BCUT2D eigenvalue weighted by molar-refractivity contribution is 7.14. The van der Waals surface area contributed by atoms with Gasteiger partial charge in [-0.05, 0) is 11.4 Å². The number of hydrogen-bond acceptors (Lipinski definition) is 5. The fraction of sp³-hybridized carbons (Fsp3) is 0.0667. The molecular formula is C15H12N2O2S2. The van der Waals surface area contributed by atoms with Gasteiger partial charge in [-0.25, -0.2) is 9.78 Å². The minimum atomic E-state index is -0.908. The van der Waals surface area contributed by atoms with Crippen LogP contribution in [0.2, 0.25) is 0 Å². The van der Waals surface area contributed by atoms with E-state index < -0.39 is 12.0 Å². The summed E-state index contributed by atoms with van der Waals surface area (Å²) in [5.41, 5.74) is 1.86. The molecule has 4 nitrogen and oxygen atoms in total. The molecule has 106 valence electrons. The Labute approximate surface area is 129 Å². The first-order chi connectivity index (χ1) is 10.2. The van der Waals surface area contributed by atoms with Gasteiger partial charge in [-0.1, -0.05) is 36.4 Å². The van der Waals surface area contributed by atoms with E-state index in [1.807, 2.05) is 53.2 Å². The van der Waals surface area contributed by atoms with E-state index in [4.69, 9.17) is 0 Å². The molecule has 0 saturated carbocycles. The molecule has 0 spiro atoms. The third-order valence-electron chi connectivity index (χ3n) is 2.92. The lowest BCUT2D eigenvalue weighted by atomic mass is 10.2. The number of carboxylic acid groups (broad SMARTS) is 1. The molecule has 3 aromatic rings. The topological polar surface area (TPSA) is 62.2 Å². The third-order valence-corrected chi connectivity index (χ3v) is 4.63. The van der Waals surface area contributed by atoms with E-state index in [0.29, 0.717) is 5.13 Å². The molecule has 1 atom stereocenters. The number of aliphatic carboxylic acids is 1. The minimum absolute atomic E-state index is 0.606. The Kier molecular flexibility index (Phi) is 3.98. The summed E-state index contributed by atoms with van der Waals surface area (Å²) in [4.78, 5) is 16.6. The van der Waals surface area contributed by atoms with Crippen LogP contribution in [0, 0.1) is 0 Å². The van der Waals surface area contributed by atoms with Crippen molar-refractivity contribution in [1.29, 1.82) is 0 Å². The fourth-order valence-corrected chi connectivity index (χ4v) is 3.43. The van der Waals surface area contributed by atoms with Gasteiger partial charge in [-0.3, -0.25) is 0 Å². The van der Waals surface area contributed by atoms with Crippen molar-refractivity contribution in [3.05, 3.63) is 58.1 Å². The number of nitrogens with zero attached hydrogens (tertiary/aromatic N) is 1. The molecule has 1 aromatic carbocycles. The average molecular weight is 316 g/mol. The molecule has 0 aliphatic carbocycles. The first kappa shape index (κ1) is 13.8. The number of hydrogen-bond donors (Lipinski definition) is 2. The van der Waals surface area contributed by atoms with Crippen molar-refractivity contribution in [2.45, 2.75) is 6.04 Å². The van der Waals surface area contributed by atoms with Gasteiger partial charge in [0.15, 0.2) is 11.2 Å². The number of thiophene rings is 1. The summed E-state index contributed by atoms with van der Waals surface area (Å²) in [5, 5.41) is 16.7. The van der Waals surface area contributed by atoms with E-state index in [2.05, 4.69) is 10.3 Å². The van der Waals surface area contributed by atoms with Crippen LogP contribution in [-0.4, -0.2) is 16.1 Å². The van der Waals surface area contributed by atoms with Crippen LogP contribution in [0.1, 0.15) is 10.9 Å². The summed E-state index contributed by atoms with van der Waals surface area (Å²) >= 11 is 2.82. The molecule has 2 N–H and O–H groups in total. The van der Waals surface area contributed by atoms with E-state index in [0.717, 1.165) is 16.1 Å². The summed E-state index contributed by atoms with van der Waals surface area (Å²) in [6.07, 6.45) is 0. The van der Waals surface area contributed by atoms with Gasteiger partial charge in [0.25, 0.3) is 0 Å². The second-order valence-corrected chi connectivity index (χ2v) is 6.17. The SMILES string of the molecule is O=C(O)C(Nc1nc(-c2ccccc2)cs1)c1cccs1. The summed E-state index contributed by atoms with van der Waals surface area (Å²) < 4.78 is 0. The van der Waals surface area contributed by atoms with Crippen molar-refractivity contribution in [3.63, 3.8) is 0 Å². The molecule has 0 bridgehead atoms. The highest BCUT2D eigenvalue weighted by Crippen LogP contribution is 2.29. The number of anilines is 1. The first-order valence-electron chi connectivity index (χ1n) is 6.28. The molecule has 21 heavy (non-hydrogen) atoms. The Morgan fingerprint density at radius 2 is 1.95 bits per heavy atom. The van der Waals surface area contributed by atoms with Crippen molar-refractivity contribution >= 4 is 33.8 Å². The van der Waals surface area contributed by atoms with Crippen LogP contribution in [0.15, 0.2) is 53.2 Å². The van der Waals surface area contributed by atoms with Crippen LogP contribution in [-0.2, 0) is 4.79 Å². The molecule has 2 aromatic heterocycles. The van der Waals surface area contributed by atoms with Gasteiger partial charge < -0.3 is 10.4 Å². The molecular weight excluding hydrogens is 304 g/mol. The van der Waals surface area contributed by atoms with Crippen LogP contribution in [0.3, 0.4) is 0 Å². The highest BCUT2D eigenvalue weighted by Gasteiger charge is 2.21. The molecule has 0 aliphatic rings. The van der Waals surface area contributed by atoms with Crippen LogP contribution in [0.4, 0.5) is 5.13 Å². The largest absolute Gasteiger partial charge is 0.479 e. The standard InChI is InChI=1S/C15H12N2O2S2/c18-14(19)13(12-7-4-8-20-12)17-15-16-11(9-21-15)10-5-2-1-3-6-10/h1-9,13H,(H,16,17)(H,18,19). The van der Waals surface area contributed by atoms with Gasteiger partial charge in [-0.2, -0.15) is 0 Å². The summed E-state index contributed by atoms with van der Waals surface area (Å²) in [5.74, 6) is -0.908. The lowest BCUT2D eigenvalue weighted by molar-refractivity contribution is -0.138. The van der Waals surface area contributed by atoms with Crippen molar-refractivity contribution in [2.75, 3.05) is 5.32 Å². The Bertz CT molecular complexity index is 723. The molecule has 2 heterocycles. The number of carboxylic acids is 1. The van der Waals surface area contributed by atoms with Crippen LogP contribution in [0.5, 0.6) is 0 Å². The van der Waals surface area contributed by atoms with E-state index in [9.17, 15) is 9.90 Å². The quantitative estimate of drug-likeness (QED) is 0.743. The Balaban J connectivity index is 1.82. The number of rotatable bonds is 5. The normalized spacial score (nSPS) is 12.0. The zero-order valence-corrected chi connectivity index (χ0v) is 12.5. The molecule has 6 heteroatoms. The lowest BCUT2D eigenvalue weighted by Crippen LogP contribution is -2.19. The van der Waals surface area contributed by atoms with Gasteiger partial charge in [-0.15, -0.1) is 22.7 Å². The van der Waals surface area contributed by atoms with Gasteiger partial charge in [0.2, 0.25) is 0 Å². The van der Waals surface area contributed by atoms with Crippen molar-refractivity contribution in [3.8, 4) is 11.3 Å². The molecule has 0 amide bonds. The zero-order chi connectivity index (χ0) is 14.7. The second kappa shape index (κ2) is 6.07. The number of benzene rings is 1. The summed E-state index contributed by atoms with van der Waals surface area (Å²) in [6.45, 7) is 0. The summed E-state index contributed by atoms with van der Waals surface area (Å²) in [6, 6.07) is 12.7. The third kappa shape index (κ3) is 3.12. The Morgan fingerprint density at radius 1 is 1.14 bits per heavy atom. The number of aromatic nitrogens is 1. The van der Waals surface area contributed by atoms with E-state index in [1.54, 1.807) is 0 Å².